The molecule has 5 nitrogen and oxygen atoms in total. The SMILES string of the molecule is O=C1C[C@H]2COC[C@@H]([C@@H]1F)N2C(=O)O. The van der Waals surface area contributed by atoms with Crippen LogP contribution in [0.3, 0.4) is 0 Å². The van der Waals surface area contributed by atoms with Gasteiger partial charge >= 0.3 is 6.09 Å². The molecule has 6 heteroatoms. The van der Waals surface area contributed by atoms with Gasteiger partial charge in [0.25, 0.3) is 0 Å². The third-order valence-corrected chi connectivity index (χ3v) is 2.65. The van der Waals surface area contributed by atoms with Crippen LogP contribution in [0, 0.1) is 0 Å². The van der Waals surface area contributed by atoms with Crippen molar-refractivity contribution in [2.24, 2.45) is 0 Å². The van der Waals surface area contributed by atoms with Crippen molar-refractivity contribution in [2.75, 3.05) is 13.2 Å². The molecule has 2 bridgehead atoms. The highest BCUT2D eigenvalue weighted by Crippen LogP contribution is 2.27. The number of carboxylic acid groups (broad SMARTS) is 1. The number of halogens is 1. The van der Waals surface area contributed by atoms with E-state index in [9.17, 15) is 14.0 Å². The summed E-state index contributed by atoms with van der Waals surface area (Å²) in [5, 5.41) is 8.84. The van der Waals surface area contributed by atoms with Gasteiger partial charge in [-0.25, -0.2) is 9.18 Å². The lowest BCUT2D eigenvalue weighted by atomic mass is 9.92. The van der Waals surface area contributed by atoms with E-state index in [4.69, 9.17) is 9.84 Å². The number of Topliss-reactive ketones (excluding diaryl/α,β-unsaturated/α-hetero) is 1. The quantitative estimate of drug-likeness (QED) is 0.603. The van der Waals surface area contributed by atoms with Crippen molar-refractivity contribution >= 4 is 11.9 Å². The maximum Gasteiger partial charge on any atom is 0.408 e. The van der Waals surface area contributed by atoms with E-state index in [1.165, 1.54) is 0 Å². The molecule has 0 saturated carbocycles. The highest BCUT2D eigenvalue weighted by atomic mass is 19.1. The van der Waals surface area contributed by atoms with Crippen LogP contribution in [0.4, 0.5) is 9.18 Å². The number of alkyl halides is 1. The summed E-state index contributed by atoms with van der Waals surface area (Å²) in [6.07, 6.45) is -3.00. The van der Waals surface area contributed by atoms with Gasteiger partial charge < -0.3 is 9.84 Å². The second-order valence-electron chi connectivity index (χ2n) is 3.52. The molecule has 2 rings (SSSR count). The maximum atomic E-state index is 13.3. The Kier molecular flexibility index (Phi) is 2.14. The first-order valence-electron chi connectivity index (χ1n) is 4.37. The summed E-state index contributed by atoms with van der Waals surface area (Å²) in [6, 6.07) is -1.46. The molecule has 0 radical (unpaired) electrons. The molecule has 0 unspecified atom stereocenters. The lowest BCUT2D eigenvalue weighted by Crippen LogP contribution is -2.64. The molecule has 0 spiro atoms. The normalized spacial score (nSPS) is 37.1. The second-order valence-corrected chi connectivity index (χ2v) is 3.52. The third-order valence-electron chi connectivity index (χ3n) is 2.65. The van der Waals surface area contributed by atoms with E-state index in [1.807, 2.05) is 0 Å². The molecule has 2 aliphatic heterocycles. The van der Waals surface area contributed by atoms with Crippen molar-refractivity contribution in [3.8, 4) is 0 Å². The Morgan fingerprint density at radius 2 is 2.29 bits per heavy atom. The topological polar surface area (TPSA) is 66.8 Å². The monoisotopic (exact) mass is 203 g/mol. The summed E-state index contributed by atoms with van der Waals surface area (Å²) in [6.45, 7) is 0.150. The minimum absolute atomic E-state index is 0.0320. The lowest BCUT2D eigenvalue weighted by Gasteiger charge is -2.44. The summed E-state index contributed by atoms with van der Waals surface area (Å²) in [4.78, 5) is 22.9. The lowest BCUT2D eigenvalue weighted by molar-refractivity contribution is -0.143. The molecular formula is C8H10FNO4. The van der Waals surface area contributed by atoms with Gasteiger partial charge in [0.15, 0.2) is 12.0 Å². The smallest absolute Gasteiger partial charge is 0.408 e. The highest BCUT2D eigenvalue weighted by Gasteiger charge is 2.47. The highest BCUT2D eigenvalue weighted by molar-refractivity contribution is 5.87. The predicted octanol–water partition coefficient (Wildman–Crippen LogP) is 0.0447. The van der Waals surface area contributed by atoms with Crippen LogP contribution in [0.25, 0.3) is 0 Å². The molecule has 0 aromatic rings. The van der Waals surface area contributed by atoms with E-state index in [0.717, 1.165) is 4.90 Å². The molecule has 78 valence electrons. The predicted molar refractivity (Wildman–Crippen MR) is 42.8 cm³/mol. The van der Waals surface area contributed by atoms with Crippen molar-refractivity contribution in [1.29, 1.82) is 0 Å². The summed E-state index contributed by atoms with van der Waals surface area (Å²) in [5.41, 5.74) is 0. The first kappa shape index (κ1) is 9.39. The molecule has 1 N–H and O–H groups in total. The van der Waals surface area contributed by atoms with E-state index >= 15 is 0 Å². The summed E-state index contributed by atoms with van der Waals surface area (Å²) in [5.74, 6) is -0.513. The van der Waals surface area contributed by atoms with Crippen molar-refractivity contribution in [1.82, 2.24) is 4.90 Å². The Hall–Kier alpha value is -1.17. The number of carbonyl (C=O) groups excluding carboxylic acids is 1. The number of ether oxygens (including phenoxy) is 1. The van der Waals surface area contributed by atoms with Gasteiger partial charge in [-0.3, -0.25) is 9.69 Å². The van der Waals surface area contributed by atoms with E-state index in [1.54, 1.807) is 0 Å². The summed E-state index contributed by atoms with van der Waals surface area (Å²) >= 11 is 0. The fraction of sp³-hybridized carbons (Fsp3) is 0.750. The van der Waals surface area contributed by atoms with Gasteiger partial charge in [0, 0.05) is 6.42 Å². The fourth-order valence-electron chi connectivity index (χ4n) is 2.00. The largest absolute Gasteiger partial charge is 0.465 e. The number of nitrogens with zero attached hydrogens (tertiary/aromatic N) is 1. The number of ketones is 1. The first-order valence-corrected chi connectivity index (χ1v) is 4.37. The van der Waals surface area contributed by atoms with E-state index in [0.29, 0.717) is 0 Å². The van der Waals surface area contributed by atoms with E-state index in [2.05, 4.69) is 0 Å². The molecule has 2 heterocycles. The molecular weight excluding hydrogens is 193 g/mol. The van der Waals surface area contributed by atoms with Gasteiger partial charge in [0.1, 0.15) is 0 Å². The Balaban J connectivity index is 2.26. The van der Waals surface area contributed by atoms with Crippen molar-refractivity contribution in [3.63, 3.8) is 0 Å². The molecule has 2 aliphatic rings. The molecule has 3 atom stereocenters. The number of amides is 1. The molecule has 1 amide bonds. The number of rotatable bonds is 0. The zero-order chi connectivity index (χ0) is 10.3. The number of carbonyl (C=O) groups is 2. The van der Waals surface area contributed by atoms with E-state index in [-0.39, 0.29) is 19.6 Å². The molecule has 0 aliphatic carbocycles. The molecule has 0 aromatic carbocycles. The Labute approximate surface area is 79.4 Å². The Morgan fingerprint density at radius 1 is 1.57 bits per heavy atom. The third kappa shape index (κ3) is 1.26. The Morgan fingerprint density at radius 3 is 2.93 bits per heavy atom. The van der Waals surface area contributed by atoms with Crippen LogP contribution in [-0.4, -0.2) is 53.4 Å². The zero-order valence-corrected chi connectivity index (χ0v) is 7.35. The van der Waals surface area contributed by atoms with Crippen molar-refractivity contribution in [3.05, 3.63) is 0 Å². The van der Waals surface area contributed by atoms with Crippen LogP contribution in [0.15, 0.2) is 0 Å². The molecule has 2 saturated heterocycles. The maximum absolute atomic E-state index is 13.3. The fourth-order valence-corrected chi connectivity index (χ4v) is 2.00. The van der Waals surface area contributed by atoms with Gasteiger partial charge in [-0.2, -0.15) is 0 Å². The van der Waals surface area contributed by atoms with Crippen LogP contribution in [0.1, 0.15) is 6.42 Å². The zero-order valence-electron chi connectivity index (χ0n) is 7.35. The average Bonchev–Trinajstić information content (AvgIpc) is 2.14. The summed E-state index contributed by atoms with van der Waals surface area (Å²) in [7, 11) is 0. The van der Waals surface area contributed by atoms with Crippen LogP contribution < -0.4 is 0 Å². The minimum Gasteiger partial charge on any atom is -0.465 e. The average molecular weight is 203 g/mol. The van der Waals surface area contributed by atoms with Crippen LogP contribution >= 0.6 is 0 Å². The van der Waals surface area contributed by atoms with Gasteiger partial charge in [0.2, 0.25) is 0 Å². The van der Waals surface area contributed by atoms with Gasteiger partial charge in [-0.05, 0) is 0 Å². The van der Waals surface area contributed by atoms with Crippen molar-refractivity contribution < 1.29 is 23.8 Å². The molecule has 14 heavy (non-hydrogen) atoms. The second kappa shape index (κ2) is 3.20. The summed E-state index contributed by atoms with van der Waals surface area (Å²) < 4.78 is 18.4. The van der Waals surface area contributed by atoms with Crippen molar-refractivity contribution in [2.45, 2.75) is 24.7 Å². The minimum atomic E-state index is -1.73. The van der Waals surface area contributed by atoms with Crippen LogP contribution in [0.2, 0.25) is 0 Å². The van der Waals surface area contributed by atoms with Gasteiger partial charge in [-0.1, -0.05) is 0 Å². The van der Waals surface area contributed by atoms with Crippen LogP contribution in [0.5, 0.6) is 0 Å². The first-order chi connectivity index (χ1) is 6.61. The Bertz CT molecular complexity index is 283. The number of piperidine rings is 1. The number of morpholine rings is 1. The number of hydrogen-bond donors (Lipinski definition) is 1. The number of fused-ring (bicyclic) bond motifs is 2. The van der Waals surface area contributed by atoms with Gasteiger partial charge in [0.05, 0.1) is 25.3 Å². The van der Waals surface area contributed by atoms with Gasteiger partial charge in [-0.15, -0.1) is 0 Å². The van der Waals surface area contributed by atoms with Crippen LogP contribution in [-0.2, 0) is 9.53 Å². The number of hydrogen-bond acceptors (Lipinski definition) is 3. The molecule has 0 aromatic heterocycles. The standard InChI is InChI=1S/C8H10FNO4/c9-7-5-3-14-2-4(1-6(7)11)10(5)8(12)13/h4-5,7H,1-3H2,(H,12,13)/t4-,5-,7-/m0/s1. The molecule has 2 fully saturated rings. The van der Waals surface area contributed by atoms with E-state index < -0.39 is 30.1 Å².